The maximum absolute atomic E-state index is 11.5. The minimum absolute atomic E-state index is 0.210. The van der Waals surface area contributed by atoms with E-state index in [1.807, 2.05) is 30.3 Å². The average molecular weight is 294 g/mol. The van der Waals surface area contributed by atoms with Gasteiger partial charge in [-0.05, 0) is 38.2 Å². The predicted octanol–water partition coefficient (Wildman–Crippen LogP) is 4.09. The SMILES string of the molecule is CC(/C=C/O[Si](C)(C)C)OC(=O)OCc1ccccc1. The van der Waals surface area contributed by atoms with Gasteiger partial charge >= 0.3 is 6.16 Å². The van der Waals surface area contributed by atoms with Crippen molar-refractivity contribution in [3.8, 4) is 0 Å². The van der Waals surface area contributed by atoms with Gasteiger partial charge in [-0.15, -0.1) is 0 Å². The lowest BCUT2D eigenvalue weighted by Gasteiger charge is -2.15. The fraction of sp³-hybridized carbons (Fsp3) is 0.400. The van der Waals surface area contributed by atoms with E-state index in [0.29, 0.717) is 0 Å². The number of ether oxygens (including phenoxy) is 2. The molecule has 4 nitrogen and oxygen atoms in total. The molecule has 5 heteroatoms. The topological polar surface area (TPSA) is 44.8 Å². The number of benzene rings is 1. The first-order chi connectivity index (χ1) is 9.37. The van der Waals surface area contributed by atoms with Crippen molar-refractivity contribution in [2.24, 2.45) is 0 Å². The molecule has 0 radical (unpaired) electrons. The first kappa shape index (κ1) is 16.3. The Labute approximate surface area is 121 Å². The Morgan fingerprint density at radius 2 is 1.90 bits per heavy atom. The molecule has 1 aromatic carbocycles. The minimum Gasteiger partial charge on any atom is -0.550 e. The molecule has 0 spiro atoms. The number of hydrogen-bond donors (Lipinski definition) is 0. The van der Waals surface area contributed by atoms with E-state index >= 15 is 0 Å². The molecule has 0 N–H and O–H groups in total. The third-order valence-electron chi connectivity index (χ3n) is 2.25. The molecule has 0 saturated heterocycles. The summed E-state index contributed by atoms with van der Waals surface area (Å²) in [7, 11) is -1.58. The van der Waals surface area contributed by atoms with Crippen LogP contribution in [-0.4, -0.2) is 20.6 Å². The summed E-state index contributed by atoms with van der Waals surface area (Å²) in [6.45, 7) is 8.21. The zero-order valence-corrected chi connectivity index (χ0v) is 13.5. The summed E-state index contributed by atoms with van der Waals surface area (Å²) in [5.74, 6) is 0. The van der Waals surface area contributed by atoms with Gasteiger partial charge in [-0.1, -0.05) is 30.3 Å². The van der Waals surface area contributed by atoms with Crippen LogP contribution in [0.2, 0.25) is 19.6 Å². The summed E-state index contributed by atoms with van der Waals surface area (Å²) in [6, 6.07) is 9.47. The molecule has 0 aliphatic heterocycles. The van der Waals surface area contributed by atoms with Crippen LogP contribution in [0.15, 0.2) is 42.7 Å². The Bertz CT molecular complexity index is 437. The van der Waals surface area contributed by atoms with E-state index in [2.05, 4.69) is 19.6 Å². The standard InChI is InChI=1S/C15H22O4Si/c1-13(10-11-18-20(2,3)4)19-15(16)17-12-14-8-6-5-7-9-14/h5-11,13H,12H2,1-4H3/b11-10+. The van der Waals surface area contributed by atoms with E-state index in [9.17, 15) is 4.79 Å². The Balaban J connectivity index is 2.28. The van der Waals surface area contributed by atoms with Gasteiger partial charge in [-0.2, -0.15) is 0 Å². The highest BCUT2D eigenvalue weighted by Crippen LogP contribution is 2.06. The number of carbonyl (C=O) groups is 1. The van der Waals surface area contributed by atoms with Crippen molar-refractivity contribution in [2.75, 3.05) is 0 Å². The normalized spacial score (nSPS) is 13.0. The number of carbonyl (C=O) groups excluding carboxylic acids is 1. The van der Waals surface area contributed by atoms with Gasteiger partial charge in [0.25, 0.3) is 0 Å². The zero-order chi connectivity index (χ0) is 15.0. The van der Waals surface area contributed by atoms with E-state index in [1.165, 1.54) is 0 Å². The van der Waals surface area contributed by atoms with E-state index in [-0.39, 0.29) is 12.7 Å². The summed E-state index contributed by atoms with van der Waals surface area (Å²) in [5, 5.41) is 0. The van der Waals surface area contributed by atoms with Gasteiger partial charge in [0, 0.05) is 0 Å². The van der Waals surface area contributed by atoms with Crippen molar-refractivity contribution >= 4 is 14.5 Å². The molecule has 0 heterocycles. The van der Waals surface area contributed by atoms with Crippen LogP contribution in [0.3, 0.4) is 0 Å². The number of rotatable bonds is 6. The summed E-state index contributed by atoms with van der Waals surface area (Å²) in [6.07, 6.45) is 2.23. The Kier molecular flexibility index (Phi) is 6.31. The molecule has 20 heavy (non-hydrogen) atoms. The molecular weight excluding hydrogens is 272 g/mol. The second-order valence-electron chi connectivity index (χ2n) is 5.41. The molecule has 1 atom stereocenters. The third-order valence-corrected chi connectivity index (χ3v) is 3.10. The van der Waals surface area contributed by atoms with Crippen LogP contribution in [0, 0.1) is 0 Å². The van der Waals surface area contributed by atoms with Gasteiger partial charge in [0.2, 0.25) is 8.32 Å². The maximum Gasteiger partial charge on any atom is 0.509 e. The van der Waals surface area contributed by atoms with Crippen LogP contribution >= 0.6 is 0 Å². The smallest absolute Gasteiger partial charge is 0.509 e. The lowest BCUT2D eigenvalue weighted by molar-refractivity contribution is 0.0366. The summed E-state index contributed by atoms with van der Waals surface area (Å²) in [4.78, 5) is 11.5. The van der Waals surface area contributed by atoms with Crippen molar-refractivity contribution in [2.45, 2.75) is 39.3 Å². The van der Waals surface area contributed by atoms with E-state index in [4.69, 9.17) is 13.9 Å². The van der Waals surface area contributed by atoms with Crippen LogP contribution in [0.25, 0.3) is 0 Å². The van der Waals surface area contributed by atoms with Crippen molar-refractivity contribution in [1.82, 2.24) is 0 Å². The fourth-order valence-corrected chi connectivity index (χ4v) is 1.78. The summed E-state index contributed by atoms with van der Waals surface area (Å²) < 4.78 is 15.6. The number of hydrogen-bond acceptors (Lipinski definition) is 4. The molecule has 1 aromatic rings. The molecule has 1 unspecified atom stereocenters. The molecule has 0 aliphatic rings. The van der Waals surface area contributed by atoms with Crippen molar-refractivity contribution in [1.29, 1.82) is 0 Å². The molecule has 0 saturated carbocycles. The second-order valence-corrected chi connectivity index (χ2v) is 9.87. The molecule has 0 amide bonds. The first-order valence-electron chi connectivity index (χ1n) is 6.58. The van der Waals surface area contributed by atoms with Crippen LogP contribution in [0.4, 0.5) is 4.79 Å². The Hall–Kier alpha value is -1.75. The summed E-state index contributed by atoms with van der Waals surface area (Å²) >= 11 is 0. The van der Waals surface area contributed by atoms with Gasteiger partial charge in [-0.3, -0.25) is 0 Å². The Morgan fingerprint density at radius 3 is 2.50 bits per heavy atom. The molecular formula is C15H22O4Si. The largest absolute Gasteiger partial charge is 0.550 e. The average Bonchev–Trinajstić information content (AvgIpc) is 2.36. The van der Waals surface area contributed by atoms with Crippen LogP contribution in [0.5, 0.6) is 0 Å². The molecule has 0 fully saturated rings. The molecule has 110 valence electrons. The van der Waals surface area contributed by atoms with E-state index in [0.717, 1.165) is 5.56 Å². The van der Waals surface area contributed by atoms with Crippen LogP contribution in [0.1, 0.15) is 12.5 Å². The third kappa shape index (κ3) is 7.63. The predicted molar refractivity (Wildman–Crippen MR) is 80.7 cm³/mol. The quantitative estimate of drug-likeness (QED) is 0.450. The van der Waals surface area contributed by atoms with Gasteiger partial charge in [0.05, 0.1) is 6.26 Å². The maximum atomic E-state index is 11.5. The van der Waals surface area contributed by atoms with E-state index < -0.39 is 14.5 Å². The zero-order valence-electron chi connectivity index (χ0n) is 12.5. The molecule has 0 aliphatic carbocycles. The highest BCUT2D eigenvalue weighted by molar-refractivity contribution is 6.69. The lowest BCUT2D eigenvalue weighted by Crippen LogP contribution is -2.22. The lowest BCUT2D eigenvalue weighted by atomic mass is 10.2. The van der Waals surface area contributed by atoms with Crippen molar-refractivity contribution in [3.05, 3.63) is 48.2 Å². The fourth-order valence-electron chi connectivity index (χ4n) is 1.30. The molecule has 0 aromatic heterocycles. The van der Waals surface area contributed by atoms with Gasteiger partial charge < -0.3 is 13.9 Å². The molecule has 1 rings (SSSR count). The molecule has 0 bridgehead atoms. The highest BCUT2D eigenvalue weighted by atomic mass is 28.4. The monoisotopic (exact) mass is 294 g/mol. The van der Waals surface area contributed by atoms with Crippen molar-refractivity contribution < 1.29 is 18.7 Å². The van der Waals surface area contributed by atoms with Crippen LogP contribution < -0.4 is 0 Å². The summed E-state index contributed by atoms with van der Waals surface area (Å²) in [5.41, 5.74) is 0.926. The first-order valence-corrected chi connectivity index (χ1v) is 9.99. The van der Waals surface area contributed by atoms with Gasteiger partial charge in [0.1, 0.15) is 12.7 Å². The second kappa shape index (κ2) is 7.74. The van der Waals surface area contributed by atoms with Gasteiger partial charge in [0.15, 0.2) is 0 Å². The van der Waals surface area contributed by atoms with Gasteiger partial charge in [-0.25, -0.2) is 4.79 Å². The minimum atomic E-state index is -1.58. The highest BCUT2D eigenvalue weighted by Gasteiger charge is 2.13. The van der Waals surface area contributed by atoms with Crippen molar-refractivity contribution in [3.63, 3.8) is 0 Å². The Morgan fingerprint density at radius 1 is 1.25 bits per heavy atom. The van der Waals surface area contributed by atoms with E-state index in [1.54, 1.807) is 19.3 Å². The van der Waals surface area contributed by atoms with Crippen LogP contribution in [-0.2, 0) is 20.5 Å².